The van der Waals surface area contributed by atoms with E-state index in [9.17, 15) is 9.59 Å². The largest absolute Gasteiger partial charge is 0.445 e. The maximum atomic E-state index is 12.3. The number of benzene rings is 1. The van der Waals surface area contributed by atoms with Gasteiger partial charge in [0.2, 0.25) is 5.91 Å². The molecule has 1 N–H and O–H groups in total. The average molecular weight is 318 g/mol. The van der Waals surface area contributed by atoms with Gasteiger partial charge in [0, 0.05) is 25.6 Å². The third kappa shape index (κ3) is 5.93. The molecule has 126 valence electrons. The van der Waals surface area contributed by atoms with E-state index < -0.39 is 0 Å². The first-order valence-corrected chi connectivity index (χ1v) is 8.44. The Labute approximate surface area is 138 Å². The number of nitrogens with zero attached hydrogens (tertiary/aromatic N) is 1. The standard InChI is InChI=1S/C18H26N2O3/c1-2-8-17(21)19-16-11-6-7-12-20(13-16)18(22)23-14-15-9-4-3-5-10-15/h3-5,9-10,16H,2,6-8,11-14H2,1H3,(H,19,21). The third-order valence-corrected chi connectivity index (χ3v) is 3.98. The second-order valence-electron chi connectivity index (χ2n) is 6.00. The number of rotatable bonds is 5. The van der Waals surface area contributed by atoms with Crippen molar-refractivity contribution in [3.05, 3.63) is 35.9 Å². The molecule has 0 saturated carbocycles. The van der Waals surface area contributed by atoms with Gasteiger partial charge in [-0.15, -0.1) is 0 Å². The summed E-state index contributed by atoms with van der Waals surface area (Å²) in [5.41, 5.74) is 0.975. The second-order valence-corrected chi connectivity index (χ2v) is 6.00. The highest BCUT2D eigenvalue weighted by Crippen LogP contribution is 2.13. The minimum absolute atomic E-state index is 0.0285. The summed E-state index contributed by atoms with van der Waals surface area (Å²) >= 11 is 0. The van der Waals surface area contributed by atoms with E-state index in [4.69, 9.17) is 4.74 Å². The molecule has 1 aromatic carbocycles. The van der Waals surface area contributed by atoms with Gasteiger partial charge in [-0.3, -0.25) is 4.79 Å². The van der Waals surface area contributed by atoms with Gasteiger partial charge in [-0.1, -0.05) is 37.3 Å². The smallest absolute Gasteiger partial charge is 0.410 e. The Kier molecular flexibility index (Phi) is 6.91. The molecule has 0 radical (unpaired) electrons. The van der Waals surface area contributed by atoms with Gasteiger partial charge in [-0.2, -0.15) is 0 Å². The Bertz CT molecular complexity index is 504. The molecule has 1 atom stereocenters. The molecule has 2 amide bonds. The van der Waals surface area contributed by atoms with Crippen LogP contribution in [0, 0.1) is 0 Å². The van der Waals surface area contributed by atoms with Crippen molar-refractivity contribution in [2.45, 2.75) is 51.7 Å². The Morgan fingerprint density at radius 1 is 1.26 bits per heavy atom. The third-order valence-electron chi connectivity index (χ3n) is 3.98. The van der Waals surface area contributed by atoms with Crippen LogP contribution in [0.3, 0.4) is 0 Å². The molecule has 23 heavy (non-hydrogen) atoms. The van der Waals surface area contributed by atoms with Crippen LogP contribution in [0.25, 0.3) is 0 Å². The number of likely N-dealkylation sites (tertiary alicyclic amines) is 1. The highest BCUT2D eigenvalue weighted by molar-refractivity contribution is 5.76. The molecule has 1 aliphatic rings. The lowest BCUT2D eigenvalue weighted by Crippen LogP contribution is -2.44. The predicted octanol–water partition coefficient (Wildman–Crippen LogP) is 3.09. The first-order valence-electron chi connectivity index (χ1n) is 8.44. The molecule has 0 bridgehead atoms. The number of ether oxygens (including phenoxy) is 1. The van der Waals surface area contributed by atoms with Crippen molar-refractivity contribution in [1.29, 1.82) is 0 Å². The van der Waals surface area contributed by atoms with Crippen molar-refractivity contribution in [3.63, 3.8) is 0 Å². The summed E-state index contributed by atoms with van der Waals surface area (Å²) in [5, 5.41) is 3.03. The lowest BCUT2D eigenvalue weighted by molar-refractivity contribution is -0.121. The first kappa shape index (κ1) is 17.3. The van der Waals surface area contributed by atoms with Gasteiger partial charge >= 0.3 is 6.09 Å². The molecule has 1 aliphatic heterocycles. The molecule has 1 unspecified atom stereocenters. The normalized spacial score (nSPS) is 18.1. The average Bonchev–Trinajstić information content (AvgIpc) is 2.79. The van der Waals surface area contributed by atoms with Crippen LogP contribution in [0.2, 0.25) is 0 Å². The molecule has 0 aromatic heterocycles. The van der Waals surface area contributed by atoms with Crippen LogP contribution in [-0.4, -0.2) is 36.0 Å². The van der Waals surface area contributed by atoms with Gasteiger partial charge in [0.1, 0.15) is 6.61 Å². The molecule has 1 saturated heterocycles. The van der Waals surface area contributed by atoms with Crippen molar-refractivity contribution >= 4 is 12.0 Å². The van der Waals surface area contributed by atoms with Crippen molar-refractivity contribution in [1.82, 2.24) is 10.2 Å². The fraction of sp³-hybridized carbons (Fsp3) is 0.556. The van der Waals surface area contributed by atoms with Gasteiger partial charge < -0.3 is 15.0 Å². The fourth-order valence-corrected chi connectivity index (χ4v) is 2.76. The molecule has 0 spiro atoms. The van der Waals surface area contributed by atoms with Gasteiger partial charge in [0.25, 0.3) is 0 Å². The highest BCUT2D eigenvalue weighted by atomic mass is 16.6. The minimum Gasteiger partial charge on any atom is -0.445 e. The molecule has 2 rings (SSSR count). The Morgan fingerprint density at radius 2 is 2.04 bits per heavy atom. The van der Waals surface area contributed by atoms with Gasteiger partial charge in [0.15, 0.2) is 0 Å². The van der Waals surface area contributed by atoms with Crippen molar-refractivity contribution in [2.75, 3.05) is 13.1 Å². The molecular formula is C18H26N2O3. The molecule has 5 nitrogen and oxygen atoms in total. The van der Waals surface area contributed by atoms with Gasteiger partial charge in [-0.25, -0.2) is 4.79 Å². The number of amides is 2. The topological polar surface area (TPSA) is 58.6 Å². The van der Waals surface area contributed by atoms with Crippen molar-refractivity contribution < 1.29 is 14.3 Å². The van der Waals surface area contributed by atoms with Crippen LogP contribution in [0.4, 0.5) is 4.79 Å². The number of carbonyl (C=O) groups is 2. The zero-order valence-electron chi connectivity index (χ0n) is 13.8. The van der Waals surface area contributed by atoms with Gasteiger partial charge in [-0.05, 0) is 31.2 Å². The molecule has 1 aromatic rings. The SMILES string of the molecule is CCCC(=O)NC1CCCCN(C(=O)OCc2ccccc2)C1. The van der Waals surface area contributed by atoms with E-state index in [1.54, 1.807) is 4.90 Å². The van der Waals surface area contributed by atoms with Crippen LogP contribution in [0.1, 0.15) is 44.6 Å². The summed E-state index contributed by atoms with van der Waals surface area (Å²) in [7, 11) is 0. The summed E-state index contributed by atoms with van der Waals surface area (Å²) in [6.45, 7) is 3.49. The summed E-state index contributed by atoms with van der Waals surface area (Å²) in [4.78, 5) is 25.8. The van der Waals surface area contributed by atoms with Crippen molar-refractivity contribution in [3.8, 4) is 0 Å². The zero-order valence-corrected chi connectivity index (χ0v) is 13.8. The first-order chi connectivity index (χ1) is 11.2. The number of carbonyl (C=O) groups excluding carboxylic acids is 2. The van der Waals surface area contributed by atoms with E-state index in [2.05, 4.69) is 5.32 Å². The Hall–Kier alpha value is -2.04. The Balaban J connectivity index is 1.84. The monoisotopic (exact) mass is 318 g/mol. The van der Waals surface area contributed by atoms with E-state index in [0.29, 0.717) is 19.5 Å². The summed E-state index contributed by atoms with van der Waals surface area (Å²) in [6.07, 6.45) is 3.94. The quantitative estimate of drug-likeness (QED) is 0.907. The van der Waals surface area contributed by atoms with Crippen LogP contribution >= 0.6 is 0 Å². The lowest BCUT2D eigenvalue weighted by atomic mass is 10.1. The fourth-order valence-electron chi connectivity index (χ4n) is 2.76. The van der Waals surface area contributed by atoms with E-state index in [0.717, 1.165) is 31.2 Å². The van der Waals surface area contributed by atoms with Crippen LogP contribution in [-0.2, 0) is 16.1 Å². The summed E-state index contributed by atoms with van der Waals surface area (Å²) in [6, 6.07) is 9.68. The lowest BCUT2D eigenvalue weighted by Gasteiger charge is -2.24. The van der Waals surface area contributed by atoms with E-state index >= 15 is 0 Å². The summed E-state index contributed by atoms with van der Waals surface area (Å²) < 4.78 is 5.40. The zero-order chi connectivity index (χ0) is 16.5. The van der Waals surface area contributed by atoms with E-state index in [1.807, 2.05) is 37.3 Å². The Morgan fingerprint density at radius 3 is 2.78 bits per heavy atom. The van der Waals surface area contributed by atoms with Crippen LogP contribution < -0.4 is 5.32 Å². The number of hydrogen-bond donors (Lipinski definition) is 1. The predicted molar refractivity (Wildman–Crippen MR) is 88.9 cm³/mol. The molecule has 1 heterocycles. The van der Waals surface area contributed by atoms with E-state index in [-0.39, 0.29) is 24.6 Å². The van der Waals surface area contributed by atoms with Crippen LogP contribution in [0.5, 0.6) is 0 Å². The molecule has 0 aliphatic carbocycles. The molecule has 5 heteroatoms. The maximum absolute atomic E-state index is 12.3. The van der Waals surface area contributed by atoms with E-state index in [1.165, 1.54) is 0 Å². The maximum Gasteiger partial charge on any atom is 0.410 e. The highest BCUT2D eigenvalue weighted by Gasteiger charge is 2.23. The van der Waals surface area contributed by atoms with Gasteiger partial charge in [0.05, 0.1) is 0 Å². The van der Waals surface area contributed by atoms with Crippen LogP contribution in [0.15, 0.2) is 30.3 Å². The summed E-state index contributed by atoms with van der Waals surface area (Å²) in [5.74, 6) is 0.0667. The number of hydrogen-bond acceptors (Lipinski definition) is 3. The van der Waals surface area contributed by atoms with Crippen molar-refractivity contribution in [2.24, 2.45) is 0 Å². The molecular weight excluding hydrogens is 292 g/mol. The second kappa shape index (κ2) is 9.18. The minimum atomic E-state index is -0.300. The number of nitrogens with one attached hydrogen (secondary N) is 1. The molecule has 1 fully saturated rings.